The van der Waals surface area contributed by atoms with Crippen LogP contribution >= 0.6 is 0 Å². The SMILES string of the molecule is C1=CC2CC1C1C3CC(C4CC5(CC43)c3ccccc3Cc3ccccc35)C21. The molecule has 4 saturated carbocycles. The average molecular weight is 365 g/mol. The van der Waals surface area contributed by atoms with Crippen LogP contribution in [-0.4, -0.2) is 0 Å². The molecule has 0 aliphatic heterocycles. The van der Waals surface area contributed by atoms with E-state index in [0.29, 0.717) is 5.41 Å². The molecule has 0 N–H and O–H groups in total. The molecule has 2 aromatic rings. The predicted octanol–water partition coefficient (Wildman–Crippen LogP) is 5.99. The summed E-state index contributed by atoms with van der Waals surface area (Å²) < 4.78 is 0. The molecule has 8 rings (SSSR count). The summed E-state index contributed by atoms with van der Waals surface area (Å²) in [6, 6.07) is 18.9. The molecule has 0 aromatic heterocycles. The van der Waals surface area contributed by atoms with E-state index in [-0.39, 0.29) is 0 Å². The molecule has 4 fully saturated rings. The van der Waals surface area contributed by atoms with E-state index in [1.54, 1.807) is 28.7 Å². The summed E-state index contributed by atoms with van der Waals surface area (Å²) in [5.74, 6) is 8.00. The molecule has 8 atom stereocenters. The van der Waals surface area contributed by atoms with E-state index in [1.807, 2.05) is 0 Å². The summed E-state index contributed by atoms with van der Waals surface area (Å²) in [7, 11) is 0. The lowest BCUT2D eigenvalue weighted by molar-refractivity contribution is 0.108. The standard InChI is InChI=1S/C28H28/c1-3-7-24-16(5-1)11-17-6-2-4-8-25(17)28(24)14-22-20-13-21(23(22)15-28)27-19-10-9-18(12-19)26(20)27/h1-10,18-23,26-27H,11-15H2. The lowest BCUT2D eigenvalue weighted by Gasteiger charge is -2.39. The lowest BCUT2D eigenvalue weighted by atomic mass is 9.64. The number of allylic oxidation sites excluding steroid dienone is 2. The van der Waals surface area contributed by atoms with Gasteiger partial charge in [-0.3, -0.25) is 0 Å². The fraction of sp³-hybridized carbons (Fsp3) is 0.500. The van der Waals surface area contributed by atoms with Crippen molar-refractivity contribution in [2.24, 2.45) is 47.3 Å². The Kier molecular flexibility index (Phi) is 2.60. The van der Waals surface area contributed by atoms with Crippen molar-refractivity contribution in [2.45, 2.75) is 37.5 Å². The molecule has 0 amide bonds. The molecule has 8 unspecified atom stereocenters. The third-order valence-corrected chi connectivity index (χ3v) is 10.4. The van der Waals surface area contributed by atoms with Crippen LogP contribution in [0.4, 0.5) is 0 Å². The van der Waals surface area contributed by atoms with E-state index in [9.17, 15) is 0 Å². The maximum atomic E-state index is 2.61. The third-order valence-electron chi connectivity index (χ3n) is 10.4. The first kappa shape index (κ1) is 15.1. The molecule has 0 heterocycles. The predicted molar refractivity (Wildman–Crippen MR) is 112 cm³/mol. The van der Waals surface area contributed by atoms with Crippen molar-refractivity contribution >= 4 is 0 Å². The second-order valence-corrected chi connectivity index (χ2v) is 11.0. The monoisotopic (exact) mass is 364 g/mol. The topological polar surface area (TPSA) is 0 Å². The van der Waals surface area contributed by atoms with E-state index in [2.05, 4.69) is 60.7 Å². The van der Waals surface area contributed by atoms with Gasteiger partial charge in [-0.25, -0.2) is 0 Å². The first-order valence-corrected chi connectivity index (χ1v) is 11.7. The fourth-order valence-corrected chi connectivity index (χ4v) is 9.85. The Bertz CT molecular complexity index is 948. The quantitative estimate of drug-likeness (QED) is 0.398. The van der Waals surface area contributed by atoms with Gasteiger partial charge in [-0.05, 0) is 102 Å². The number of rotatable bonds is 0. The van der Waals surface area contributed by atoms with Crippen molar-refractivity contribution in [3.63, 3.8) is 0 Å². The summed E-state index contributed by atoms with van der Waals surface area (Å²) in [6.45, 7) is 0. The molecule has 6 aliphatic rings. The van der Waals surface area contributed by atoms with E-state index in [0.717, 1.165) is 53.8 Å². The number of hydrogen-bond acceptors (Lipinski definition) is 0. The van der Waals surface area contributed by atoms with Gasteiger partial charge in [0.2, 0.25) is 0 Å². The Hall–Kier alpha value is -1.82. The summed E-state index contributed by atoms with van der Waals surface area (Å²) in [4.78, 5) is 0. The van der Waals surface area contributed by atoms with E-state index in [1.165, 1.54) is 19.3 Å². The van der Waals surface area contributed by atoms with Gasteiger partial charge in [-0.2, -0.15) is 0 Å². The molecule has 2 aromatic carbocycles. The van der Waals surface area contributed by atoms with Gasteiger partial charge in [0.15, 0.2) is 0 Å². The number of benzene rings is 2. The summed E-state index contributed by atoms with van der Waals surface area (Å²) in [5, 5.41) is 0. The van der Waals surface area contributed by atoms with Crippen molar-refractivity contribution in [2.75, 3.05) is 0 Å². The molecule has 4 bridgehead atoms. The van der Waals surface area contributed by atoms with Crippen molar-refractivity contribution < 1.29 is 0 Å². The van der Waals surface area contributed by atoms with Gasteiger partial charge in [0.25, 0.3) is 0 Å². The highest BCUT2D eigenvalue weighted by atomic mass is 14.7. The van der Waals surface area contributed by atoms with Crippen LogP contribution in [0.2, 0.25) is 0 Å². The smallest absolute Gasteiger partial charge is 0.0214 e. The van der Waals surface area contributed by atoms with Gasteiger partial charge in [0.05, 0.1) is 0 Å². The summed E-state index contributed by atoms with van der Waals surface area (Å²) >= 11 is 0. The zero-order chi connectivity index (χ0) is 18.0. The average Bonchev–Trinajstić information content (AvgIpc) is 3.51. The molecule has 6 aliphatic carbocycles. The Morgan fingerprint density at radius 3 is 1.71 bits per heavy atom. The van der Waals surface area contributed by atoms with Crippen LogP contribution < -0.4 is 0 Å². The Labute approximate surface area is 168 Å². The molecule has 0 nitrogen and oxygen atoms in total. The molecule has 140 valence electrons. The van der Waals surface area contributed by atoms with Gasteiger partial charge < -0.3 is 0 Å². The van der Waals surface area contributed by atoms with Crippen LogP contribution in [0.25, 0.3) is 0 Å². The van der Waals surface area contributed by atoms with Gasteiger partial charge >= 0.3 is 0 Å². The van der Waals surface area contributed by atoms with Crippen LogP contribution in [0.5, 0.6) is 0 Å². The van der Waals surface area contributed by atoms with E-state index < -0.39 is 0 Å². The first-order chi connectivity index (χ1) is 13.8. The summed E-state index contributed by atoms with van der Waals surface area (Å²) in [6.07, 6.45) is 12.3. The first-order valence-electron chi connectivity index (χ1n) is 11.7. The van der Waals surface area contributed by atoms with Gasteiger partial charge in [-0.15, -0.1) is 0 Å². The lowest BCUT2D eigenvalue weighted by Crippen LogP contribution is -2.34. The molecule has 0 saturated heterocycles. The Balaban J connectivity index is 1.28. The normalized spacial score (nSPS) is 44.6. The van der Waals surface area contributed by atoms with Gasteiger partial charge in [0.1, 0.15) is 0 Å². The maximum absolute atomic E-state index is 2.61. The largest absolute Gasteiger partial charge is 0.0848 e. The molecule has 0 radical (unpaired) electrons. The number of fused-ring (bicyclic) bond motifs is 16. The highest BCUT2D eigenvalue weighted by molar-refractivity contribution is 5.55. The fourth-order valence-electron chi connectivity index (χ4n) is 9.85. The van der Waals surface area contributed by atoms with Gasteiger partial charge in [-0.1, -0.05) is 60.7 Å². The zero-order valence-corrected chi connectivity index (χ0v) is 16.4. The number of hydrogen-bond donors (Lipinski definition) is 0. The minimum absolute atomic E-state index is 0.308. The minimum atomic E-state index is 0.308. The molecule has 0 heteroatoms. The van der Waals surface area contributed by atoms with Crippen LogP contribution in [0.3, 0.4) is 0 Å². The second kappa shape index (κ2) is 4.84. The molecular formula is C28H28. The van der Waals surface area contributed by atoms with E-state index >= 15 is 0 Å². The molecular weight excluding hydrogens is 336 g/mol. The maximum Gasteiger partial charge on any atom is 0.0214 e. The van der Waals surface area contributed by atoms with E-state index in [4.69, 9.17) is 0 Å². The zero-order valence-electron chi connectivity index (χ0n) is 16.4. The van der Waals surface area contributed by atoms with Crippen molar-refractivity contribution in [1.29, 1.82) is 0 Å². The van der Waals surface area contributed by atoms with Crippen LogP contribution in [0.15, 0.2) is 60.7 Å². The minimum Gasteiger partial charge on any atom is -0.0848 e. The van der Waals surface area contributed by atoms with Crippen LogP contribution in [0, 0.1) is 47.3 Å². The Morgan fingerprint density at radius 1 is 0.607 bits per heavy atom. The van der Waals surface area contributed by atoms with Crippen molar-refractivity contribution in [3.8, 4) is 0 Å². The highest BCUT2D eigenvalue weighted by Gasteiger charge is 2.68. The Morgan fingerprint density at radius 2 is 1.14 bits per heavy atom. The third kappa shape index (κ3) is 1.56. The van der Waals surface area contributed by atoms with Gasteiger partial charge in [0, 0.05) is 5.41 Å². The summed E-state index contributed by atoms with van der Waals surface area (Å²) in [5.41, 5.74) is 6.90. The highest BCUT2D eigenvalue weighted by Crippen LogP contribution is 2.74. The molecule has 1 spiro atoms. The van der Waals surface area contributed by atoms with Crippen molar-refractivity contribution in [3.05, 3.63) is 82.9 Å². The van der Waals surface area contributed by atoms with Crippen LogP contribution in [-0.2, 0) is 11.8 Å². The molecule has 28 heavy (non-hydrogen) atoms. The van der Waals surface area contributed by atoms with Crippen molar-refractivity contribution in [1.82, 2.24) is 0 Å². The second-order valence-electron chi connectivity index (χ2n) is 11.0. The van der Waals surface area contributed by atoms with Crippen LogP contribution in [0.1, 0.15) is 47.9 Å².